The molecule has 0 saturated carbocycles. The summed E-state index contributed by atoms with van der Waals surface area (Å²) >= 11 is 0. The van der Waals surface area contributed by atoms with Crippen molar-refractivity contribution in [2.75, 3.05) is 11.9 Å². The summed E-state index contributed by atoms with van der Waals surface area (Å²) in [5, 5.41) is 7.47. The highest BCUT2D eigenvalue weighted by molar-refractivity contribution is 5.97. The number of amides is 1. The molecule has 0 spiro atoms. The van der Waals surface area contributed by atoms with Crippen LogP contribution in [0.25, 0.3) is 0 Å². The van der Waals surface area contributed by atoms with Crippen molar-refractivity contribution in [1.29, 1.82) is 0 Å². The summed E-state index contributed by atoms with van der Waals surface area (Å²) in [5.74, 6) is 0.335. The molecule has 2 rings (SSSR count). The van der Waals surface area contributed by atoms with E-state index in [1.807, 2.05) is 4.68 Å². The lowest BCUT2D eigenvalue weighted by atomic mass is 9.84. The third-order valence-corrected chi connectivity index (χ3v) is 3.07. The van der Waals surface area contributed by atoms with Crippen molar-refractivity contribution in [3.05, 3.63) is 11.8 Å². The Kier molecular flexibility index (Phi) is 2.40. The number of hydrogen-bond donors (Lipinski definition) is 2. The van der Waals surface area contributed by atoms with Crippen LogP contribution >= 0.6 is 0 Å². The van der Waals surface area contributed by atoms with Crippen LogP contribution in [-0.4, -0.2) is 22.2 Å². The minimum absolute atomic E-state index is 0.123. The summed E-state index contributed by atoms with van der Waals surface area (Å²) in [6, 6.07) is 0.303. The van der Waals surface area contributed by atoms with Crippen molar-refractivity contribution < 1.29 is 4.79 Å². The minimum Gasteiger partial charge on any atom is -0.370 e. The van der Waals surface area contributed by atoms with E-state index in [1.165, 1.54) is 0 Å². The third-order valence-electron chi connectivity index (χ3n) is 3.07. The van der Waals surface area contributed by atoms with Crippen molar-refractivity contribution in [3.8, 4) is 0 Å². The predicted molar refractivity (Wildman–Crippen MR) is 62.3 cm³/mol. The van der Waals surface area contributed by atoms with Crippen molar-refractivity contribution in [2.24, 2.45) is 11.1 Å². The van der Waals surface area contributed by atoms with Gasteiger partial charge in [0.2, 0.25) is 0 Å². The van der Waals surface area contributed by atoms with Gasteiger partial charge in [-0.1, -0.05) is 20.8 Å². The molecule has 0 aliphatic carbocycles. The van der Waals surface area contributed by atoms with Crippen molar-refractivity contribution in [2.45, 2.75) is 33.2 Å². The van der Waals surface area contributed by atoms with Gasteiger partial charge in [-0.15, -0.1) is 0 Å². The number of nitrogens with zero attached hydrogens (tertiary/aromatic N) is 2. The van der Waals surface area contributed by atoms with E-state index >= 15 is 0 Å². The first-order valence-corrected chi connectivity index (χ1v) is 5.52. The first-order valence-electron chi connectivity index (χ1n) is 5.52. The van der Waals surface area contributed by atoms with Crippen LogP contribution in [-0.2, 0) is 0 Å². The SMILES string of the molecule is CC(C)(C)C1CCNc2c(C(N)=O)cnn21. The second-order valence-electron chi connectivity index (χ2n) is 5.31. The standard InChI is InChI=1S/C11H18N4O/c1-11(2,3)8-4-5-13-10-7(9(12)16)6-14-15(8)10/h6,8,13H,4-5H2,1-3H3,(H2,12,16). The first-order chi connectivity index (χ1) is 7.41. The number of nitrogens with two attached hydrogens (primary N) is 1. The number of fused-ring (bicyclic) bond motifs is 1. The van der Waals surface area contributed by atoms with Gasteiger partial charge in [-0.25, -0.2) is 4.68 Å². The molecule has 16 heavy (non-hydrogen) atoms. The molecular weight excluding hydrogens is 204 g/mol. The molecule has 1 aliphatic heterocycles. The van der Waals surface area contributed by atoms with E-state index in [-0.39, 0.29) is 5.41 Å². The Labute approximate surface area is 95.0 Å². The van der Waals surface area contributed by atoms with E-state index in [9.17, 15) is 4.79 Å². The fraction of sp³-hybridized carbons (Fsp3) is 0.636. The molecule has 0 fully saturated rings. The van der Waals surface area contributed by atoms with E-state index < -0.39 is 5.91 Å². The number of anilines is 1. The van der Waals surface area contributed by atoms with Crippen LogP contribution in [0.2, 0.25) is 0 Å². The quantitative estimate of drug-likeness (QED) is 0.754. The molecule has 0 radical (unpaired) electrons. The molecule has 88 valence electrons. The molecule has 1 aromatic rings. The zero-order valence-corrected chi connectivity index (χ0v) is 9.95. The van der Waals surface area contributed by atoms with Crippen LogP contribution in [0.3, 0.4) is 0 Å². The van der Waals surface area contributed by atoms with Gasteiger partial charge >= 0.3 is 0 Å². The lowest BCUT2D eigenvalue weighted by molar-refractivity contribution is 0.100. The van der Waals surface area contributed by atoms with Crippen LogP contribution in [0.4, 0.5) is 5.82 Å². The Bertz CT molecular complexity index is 416. The summed E-state index contributed by atoms with van der Waals surface area (Å²) in [5.41, 5.74) is 5.91. The maximum atomic E-state index is 11.2. The van der Waals surface area contributed by atoms with Gasteiger partial charge in [0.1, 0.15) is 11.4 Å². The number of nitrogens with one attached hydrogen (secondary N) is 1. The smallest absolute Gasteiger partial charge is 0.254 e. The number of primary amides is 1. The molecule has 1 aromatic heterocycles. The topological polar surface area (TPSA) is 72.9 Å². The fourth-order valence-corrected chi connectivity index (χ4v) is 2.20. The average molecular weight is 222 g/mol. The van der Waals surface area contributed by atoms with Gasteiger partial charge in [0.25, 0.3) is 5.91 Å². The van der Waals surface area contributed by atoms with Gasteiger partial charge in [0, 0.05) is 6.54 Å². The van der Waals surface area contributed by atoms with Crippen molar-refractivity contribution in [3.63, 3.8) is 0 Å². The van der Waals surface area contributed by atoms with Gasteiger partial charge in [-0.05, 0) is 11.8 Å². The number of rotatable bonds is 1. The van der Waals surface area contributed by atoms with E-state index in [2.05, 4.69) is 31.2 Å². The second kappa shape index (κ2) is 3.50. The van der Waals surface area contributed by atoms with Crippen LogP contribution in [0.5, 0.6) is 0 Å². The summed E-state index contributed by atoms with van der Waals surface area (Å²) in [7, 11) is 0. The zero-order chi connectivity index (χ0) is 11.9. The molecule has 0 bridgehead atoms. The van der Waals surface area contributed by atoms with Gasteiger partial charge < -0.3 is 11.1 Å². The summed E-state index contributed by atoms with van der Waals surface area (Å²) in [4.78, 5) is 11.2. The van der Waals surface area contributed by atoms with Crippen molar-refractivity contribution in [1.82, 2.24) is 9.78 Å². The number of aromatic nitrogens is 2. The normalized spacial score (nSPS) is 20.1. The molecule has 5 nitrogen and oxygen atoms in total. The van der Waals surface area contributed by atoms with E-state index in [1.54, 1.807) is 6.20 Å². The molecule has 3 N–H and O–H groups in total. The highest BCUT2D eigenvalue weighted by Gasteiger charge is 2.32. The Morgan fingerprint density at radius 3 is 2.88 bits per heavy atom. The second-order valence-corrected chi connectivity index (χ2v) is 5.31. The molecule has 1 aliphatic rings. The van der Waals surface area contributed by atoms with Crippen LogP contribution in [0, 0.1) is 5.41 Å². The largest absolute Gasteiger partial charge is 0.370 e. The van der Waals surface area contributed by atoms with Gasteiger partial charge in [-0.3, -0.25) is 4.79 Å². The van der Waals surface area contributed by atoms with Gasteiger partial charge in [0.05, 0.1) is 12.2 Å². The summed E-state index contributed by atoms with van der Waals surface area (Å²) in [6.07, 6.45) is 2.56. The Morgan fingerprint density at radius 1 is 1.62 bits per heavy atom. The fourth-order valence-electron chi connectivity index (χ4n) is 2.20. The highest BCUT2D eigenvalue weighted by Crippen LogP contribution is 2.38. The molecule has 1 amide bonds. The van der Waals surface area contributed by atoms with Crippen LogP contribution in [0.15, 0.2) is 6.20 Å². The highest BCUT2D eigenvalue weighted by atomic mass is 16.1. The number of hydrogen-bond acceptors (Lipinski definition) is 3. The van der Waals surface area contributed by atoms with Crippen molar-refractivity contribution >= 4 is 11.7 Å². The Hall–Kier alpha value is -1.52. The number of carbonyl (C=O) groups excluding carboxylic acids is 1. The molecule has 2 heterocycles. The van der Waals surface area contributed by atoms with E-state index in [0.29, 0.717) is 11.6 Å². The Balaban J connectivity index is 2.45. The van der Waals surface area contributed by atoms with Gasteiger partial charge in [-0.2, -0.15) is 5.10 Å². The average Bonchev–Trinajstić information content (AvgIpc) is 2.58. The molecule has 0 saturated heterocycles. The maximum Gasteiger partial charge on any atom is 0.254 e. The van der Waals surface area contributed by atoms with Gasteiger partial charge in [0.15, 0.2) is 0 Å². The van der Waals surface area contributed by atoms with Crippen LogP contribution < -0.4 is 11.1 Å². The van der Waals surface area contributed by atoms with Crippen LogP contribution in [0.1, 0.15) is 43.6 Å². The summed E-state index contributed by atoms with van der Waals surface area (Å²) in [6.45, 7) is 7.39. The third kappa shape index (κ3) is 1.66. The zero-order valence-electron chi connectivity index (χ0n) is 9.95. The minimum atomic E-state index is -0.427. The number of carbonyl (C=O) groups is 1. The lowest BCUT2D eigenvalue weighted by Crippen LogP contribution is -2.33. The molecule has 0 aromatic carbocycles. The molecule has 1 unspecified atom stereocenters. The van der Waals surface area contributed by atoms with E-state index in [0.717, 1.165) is 18.8 Å². The summed E-state index contributed by atoms with van der Waals surface area (Å²) < 4.78 is 1.89. The monoisotopic (exact) mass is 222 g/mol. The molecular formula is C11H18N4O. The van der Waals surface area contributed by atoms with E-state index in [4.69, 9.17) is 5.73 Å². The lowest BCUT2D eigenvalue weighted by Gasteiger charge is -2.35. The first kappa shape index (κ1) is 11.0. The Morgan fingerprint density at radius 2 is 2.31 bits per heavy atom. The molecule has 5 heteroatoms. The maximum absolute atomic E-state index is 11.2. The molecule has 1 atom stereocenters. The predicted octanol–water partition coefficient (Wildman–Crippen LogP) is 1.38.